The van der Waals surface area contributed by atoms with E-state index in [1.807, 2.05) is 0 Å². The molecule has 0 aliphatic heterocycles. The van der Waals surface area contributed by atoms with E-state index in [-0.39, 0.29) is 5.91 Å². The van der Waals surface area contributed by atoms with Crippen LogP contribution in [0.3, 0.4) is 0 Å². The predicted molar refractivity (Wildman–Crippen MR) is 69.8 cm³/mol. The van der Waals surface area contributed by atoms with Gasteiger partial charge in [-0.1, -0.05) is 13.8 Å². The molecule has 2 atom stereocenters. The molecule has 17 heavy (non-hydrogen) atoms. The zero-order chi connectivity index (χ0) is 12.3. The molecule has 2 fully saturated rings. The molecule has 1 amide bonds. The van der Waals surface area contributed by atoms with Gasteiger partial charge in [0.1, 0.15) is 0 Å². The number of carbonyl (C=O) groups excluding carboxylic acids is 1. The van der Waals surface area contributed by atoms with Crippen molar-refractivity contribution in [2.24, 2.45) is 11.8 Å². The second-order valence-electron chi connectivity index (χ2n) is 6.16. The first kappa shape index (κ1) is 12.9. The van der Waals surface area contributed by atoms with Gasteiger partial charge < -0.3 is 10.6 Å². The van der Waals surface area contributed by atoms with E-state index in [4.69, 9.17) is 0 Å². The van der Waals surface area contributed by atoms with Crippen LogP contribution in [-0.2, 0) is 4.79 Å². The Morgan fingerprint density at radius 3 is 2.29 bits per heavy atom. The first-order valence-corrected chi connectivity index (χ1v) is 7.16. The van der Waals surface area contributed by atoms with Crippen molar-refractivity contribution >= 4 is 5.91 Å². The highest BCUT2D eigenvalue weighted by Gasteiger charge is 2.25. The quantitative estimate of drug-likeness (QED) is 0.770. The van der Waals surface area contributed by atoms with Gasteiger partial charge in [0.05, 0.1) is 0 Å². The van der Waals surface area contributed by atoms with Crippen LogP contribution in [0.4, 0.5) is 0 Å². The zero-order valence-electron chi connectivity index (χ0n) is 11.2. The maximum atomic E-state index is 11.8. The highest BCUT2D eigenvalue weighted by atomic mass is 16.1. The van der Waals surface area contributed by atoms with Crippen LogP contribution in [-0.4, -0.2) is 24.5 Å². The molecule has 2 unspecified atom stereocenters. The summed E-state index contributed by atoms with van der Waals surface area (Å²) in [6.45, 7) is 5.43. The Hall–Kier alpha value is -0.570. The fourth-order valence-corrected chi connectivity index (χ4v) is 3.04. The molecule has 3 heteroatoms. The Kier molecular flexibility index (Phi) is 4.43. The fraction of sp³-hybridized carbons (Fsp3) is 0.929. The van der Waals surface area contributed by atoms with Crippen molar-refractivity contribution < 1.29 is 4.79 Å². The van der Waals surface area contributed by atoms with E-state index in [2.05, 4.69) is 24.5 Å². The molecule has 2 N–H and O–H groups in total. The summed E-state index contributed by atoms with van der Waals surface area (Å²) in [4.78, 5) is 11.8. The molecule has 3 nitrogen and oxygen atoms in total. The van der Waals surface area contributed by atoms with Gasteiger partial charge in [-0.2, -0.15) is 0 Å². The lowest BCUT2D eigenvalue weighted by Gasteiger charge is -2.32. The lowest BCUT2D eigenvalue weighted by Crippen LogP contribution is -2.41. The average molecular weight is 238 g/mol. The average Bonchev–Trinajstić information content (AvgIpc) is 2.99. The largest absolute Gasteiger partial charge is 0.353 e. The summed E-state index contributed by atoms with van der Waals surface area (Å²) < 4.78 is 0. The van der Waals surface area contributed by atoms with Crippen LogP contribution >= 0.6 is 0 Å². The Balaban J connectivity index is 1.62. The van der Waals surface area contributed by atoms with Gasteiger partial charge in [0, 0.05) is 25.0 Å². The van der Waals surface area contributed by atoms with E-state index in [9.17, 15) is 4.79 Å². The smallest absolute Gasteiger partial charge is 0.221 e. The first-order chi connectivity index (χ1) is 8.13. The summed E-state index contributed by atoms with van der Waals surface area (Å²) in [6, 6.07) is 1.12. The monoisotopic (exact) mass is 238 g/mol. The second kappa shape index (κ2) is 5.85. The molecule has 0 aromatic heterocycles. The third-order valence-corrected chi connectivity index (χ3v) is 3.91. The Morgan fingerprint density at radius 1 is 1.06 bits per heavy atom. The summed E-state index contributed by atoms with van der Waals surface area (Å²) in [7, 11) is 0. The summed E-state index contributed by atoms with van der Waals surface area (Å²) >= 11 is 0. The highest BCUT2D eigenvalue weighted by molar-refractivity contribution is 5.76. The minimum absolute atomic E-state index is 0.226. The van der Waals surface area contributed by atoms with Crippen LogP contribution in [0.2, 0.25) is 0 Å². The van der Waals surface area contributed by atoms with Crippen molar-refractivity contribution in [1.29, 1.82) is 0 Å². The minimum Gasteiger partial charge on any atom is -0.353 e. The van der Waals surface area contributed by atoms with E-state index < -0.39 is 0 Å². The maximum absolute atomic E-state index is 11.8. The first-order valence-electron chi connectivity index (χ1n) is 7.16. The van der Waals surface area contributed by atoms with Crippen molar-refractivity contribution in [1.82, 2.24) is 10.6 Å². The molecule has 2 rings (SSSR count). The van der Waals surface area contributed by atoms with Gasteiger partial charge >= 0.3 is 0 Å². The number of amides is 1. The Labute approximate surface area is 105 Å². The molecule has 0 saturated heterocycles. The van der Waals surface area contributed by atoms with Crippen molar-refractivity contribution in [3.05, 3.63) is 0 Å². The van der Waals surface area contributed by atoms with Crippen molar-refractivity contribution in [2.75, 3.05) is 6.54 Å². The summed E-state index contributed by atoms with van der Waals surface area (Å²) in [6.07, 6.45) is 6.85. The standard InChI is InChI=1S/C14H26N2O/c1-10-7-11(2)9-13(8-10)16-14(17)5-6-15-12-3-4-12/h10-13,15H,3-9H2,1-2H3,(H,16,17). The van der Waals surface area contributed by atoms with Crippen LogP contribution in [0.5, 0.6) is 0 Å². The highest BCUT2D eigenvalue weighted by Crippen LogP contribution is 2.28. The van der Waals surface area contributed by atoms with Gasteiger partial charge in [-0.25, -0.2) is 0 Å². The van der Waals surface area contributed by atoms with Gasteiger partial charge in [-0.3, -0.25) is 4.79 Å². The number of hydrogen-bond acceptors (Lipinski definition) is 2. The van der Waals surface area contributed by atoms with Crippen LogP contribution < -0.4 is 10.6 Å². The molecule has 98 valence electrons. The van der Waals surface area contributed by atoms with E-state index in [0.717, 1.165) is 31.2 Å². The molecule has 0 aromatic carbocycles. The summed E-state index contributed by atoms with van der Waals surface area (Å²) in [5.41, 5.74) is 0. The normalized spacial score (nSPS) is 33.4. The van der Waals surface area contributed by atoms with Crippen LogP contribution in [0.25, 0.3) is 0 Å². The van der Waals surface area contributed by atoms with Gasteiger partial charge in [0.2, 0.25) is 5.91 Å². The lowest BCUT2D eigenvalue weighted by atomic mass is 9.80. The van der Waals surface area contributed by atoms with E-state index in [1.165, 1.54) is 19.3 Å². The minimum atomic E-state index is 0.226. The molecule has 0 radical (unpaired) electrons. The number of nitrogens with one attached hydrogen (secondary N) is 2. The molecule has 0 spiro atoms. The molecule has 2 aliphatic rings. The summed E-state index contributed by atoms with van der Waals surface area (Å²) in [5, 5.41) is 6.58. The Morgan fingerprint density at radius 2 is 1.71 bits per heavy atom. The molecular weight excluding hydrogens is 212 g/mol. The molecule has 2 saturated carbocycles. The number of hydrogen-bond donors (Lipinski definition) is 2. The predicted octanol–water partition coefficient (Wildman–Crippen LogP) is 2.07. The number of carbonyl (C=O) groups is 1. The number of rotatable bonds is 5. The third-order valence-electron chi connectivity index (χ3n) is 3.91. The second-order valence-corrected chi connectivity index (χ2v) is 6.16. The van der Waals surface area contributed by atoms with E-state index in [0.29, 0.717) is 18.5 Å². The van der Waals surface area contributed by atoms with Gasteiger partial charge in [0.15, 0.2) is 0 Å². The van der Waals surface area contributed by atoms with Gasteiger partial charge in [-0.15, -0.1) is 0 Å². The molecule has 0 bridgehead atoms. The summed E-state index contributed by atoms with van der Waals surface area (Å²) in [5.74, 6) is 1.74. The van der Waals surface area contributed by atoms with E-state index >= 15 is 0 Å². The molecule has 0 heterocycles. The SMILES string of the molecule is CC1CC(C)CC(NC(=O)CCNC2CC2)C1. The van der Waals surface area contributed by atoms with Gasteiger partial charge in [-0.05, 0) is 43.9 Å². The van der Waals surface area contributed by atoms with Crippen molar-refractivity contribution in [3.63, 3.8) is 0 Å². The topological polar surface area (TPSA) is 41.1 Å². The molecular formula is C14H26N2O. The van der Waals surface area contributed by atoms with E-state index in [1.54, 1.807) is 0 Å². The Bertz CT molecular complexity index is 253. The molecule has 2 aliphatic carbocycles. The maximum Gasteiger partial charge on any atom is 0.221 e. The van der Waals surface area contributed by atoms with Crippen molar-refractivity contribution in [3.8, 4) is 0 Å². The van der Waals surface area contributed by atoms with Crippen LogP contribution in [0, 0.1) is 11.8 Å². The van der Waals surface area contributed by atoms with Crippen molar-refractivity contribution in [2.45, 2.75) is 64.5 Å². The van der Waals surface area contributed by atoms with Crippen LogP contribution in [0.15, 0.2) is 0 Å². The zero-order valence-corrected chi connectivity index (χ0v) is 11.2. The lowest BCUT2D eigenvalue weighted by molar-refractivity contribution is -0.122. The third kappa shape index (κ3) is 4.66. The fourth-order valence-electron chi connectivity index (χ4n) is 3.04. The molecule has 0 aromatic rings. The van der Waals surface area contributed by atoms with Gasteiger partial charge in [0.25, 0.3) is 0 Å². The van der Waals surface area contributed by atoms with Crippen LogP contribution in [0.1, 0.15) is 52.4 Å².